The standard InChI is InChI=1S/C12H13BrN2O/c1-3-15(8-7-14)12(16)10-5-4-6-11(13)9(10)2/h4-6H,3,8H2,1-2H3. The van der Waals surface area contributed by atoms with Crippen LogP contribution in [0, 0.1) is 18.3 Å². The van der Waals surface area contributed by atoms with Gasteiger partial charge in [0.25, 0.3) is 5.91 Å². The second-order valence-electron chi connectivity index (χ2n) is 3.39. The van der Waals surface area contributed by atoms with Gasteiger partial charge in [-0.15, -0.1) is 0 Å². The van der Waals surface area contributed by atoms with Crippen LogP contribution in [0.3, 0.4) is 0 Å². The van der Waals surface area contributed by atoms with E-state index in [9.17, 15) is 4.79 Å². The molecule has 0 aliphatic heterocycles. The molecule has 0 aliphatic rings. The molecule has 4 heteroatoms. The molecule has 0 radical (unpaired) electrons. The Morgan fingerprint density at radius 2 is 2.25 bits per heavy atom. The van der Waals surface area contributed by atoms with Crippen molar-refractivity contribution in [2.24, 2.45) is 0 Å². The van der Waals surface area contributed by atoms with E-state index in [0.29, 0.717) is 12.1 Å². The summed E-state index contributed by atoms with van der Waals surface area (Å²) in [6.07, 6.45) is 0. The summed E-state index contributed by atoms with van der Waals surface area (Å²) >= 11 is 3.39. The van der Waals surface area contributed by atoms with Gasteiger partial charge in [0.05, 0.1) is 6.07 Å². The van der Waals surface area contributed by atoms with E-state index in [4.69, 9.17) is 5.26 Å². The van der Waals surface area contributed by atoms with Gasteiger partial charge in [-0.3, -0.25) is 4.79 Å². The van der Waals surface area contributed by atoms with Crippen molar-refractivity contribution in [1.82, 2.24) is 4.90 Å². The van der Waals surface area contributed by atoms with Crippen LogP contribution in [-0.2, 0) is 0 Å². The highest BCUT2D eigenvalue weighted by molar-refractivity contribution is 9.10. The molecule has 3 nitrogen and oxygen atoms in total. The highest BCUT2D eigenvalue weighted by Gasteiger charge is 2.16. The summed E-state index contributed by atoms with van der Waals surface area (Å²) in [5, 5.41) is 8.63. The number of rotatable bonds is 3. The normalized spacial score (nSPS) is 9.62. The summed E-state index contributed by atoms with van der Waals surface area (Å²) in [5.41, 5.74) is 1.55. The topological polar surface area (TPSA) is 44.1 Å². The number of hydrogen-bond acceptors (Lipinski definition) is 2. The fourth-order valence-corrected chi connectivity index (χ4v) is 1.79. The number of amides is 1. The molecule has 0 atom stereocenters. The summed E-state index contributed by atoms with van der Waals surface area (Å²) < 4.78 is 0.909. The van der Waals surface area contributed by atoms with Crippen LogP contribution in [0.5, 0.6) is 0 Å². The summed E-state index contributed by atoms with van der Waals surface area (Å²) in [4.78, 5) is 13.6. The lowest BCUT2D eigenvalue weighted by molar-refractivity contribution is 0.0783. The Kier molecular flexibility index (Phi) is 4.51. The first kappa shape index (κ1) is 12.7. The van der Waals surface area contributed by atoms with Crippen molar-refractivity contribution < 1.29 is 4.79 Å². The first-order chi connectivity index (χ1) is 7.61. The minimum Gasteiger partial charge on any atom is -0.326 e. The van der Waals surface area contributed by atoms with Crippen LogP contribution < -0.4 is 0 Å². The number of benzene rings is 1. The zero-order valence-corrected chi connectivity index (χ0v) is 10.9. The highest BCUT2D eigenvalue weighted by Crippen LogP contribution is 2.20. The molecule has 84 valence electrons. The van der Waals surface area contributed by atoms with Crippen LogP contribution in [0.15, 0.2) is 22.7 Å². The Hall–Kier alpha value is -1.34. The van der Waals surface area contributed by atoms with E-state index in [1.165, 1.54) is 4.90 Å². The third kappa shape index (κ3) is 2.61. The van der Waals surface area contributed by atoms with Gasteiger partial charge >= 0.3 is 0 Å². The van der Waals surface area contributed by atoms with Crippen molar-refractivity contribution in [3.05, 3.63) is 33.8 Å². The highest BCUT2D eigenvalue weighted by atomic mass is 79.9. The van der Waals surface area contributed by atoms with Gasteiger partial charge in [0.2, 0.25) is 0 Å². The maximum absolute atomic E-state index is 12.1. The zero-order chi connectivity index (χ0) is 12.1. The fraction of sp³-hybridized carbons (Fsp3) is 0.333. The van der Waals surface area contributed by atoms with Crippen LogP contribution in [0.25, 0.3) is 0 Å². The molecule has 0 saturated carbocycles. The third-order valence-corrected chi connectivity index (χ3v) is 3.29. The van der Waals surface area contributed by atoms with Gasteiger partial charge in [0.15, 0.2) is 0 Å². The van der Waals surface area contributed by atoms with E-state index in [1.807, 2.05) is 32.0 Å². The molecule has 0 bridgehead atoms. The van der Waals surface area contributed by atoms with Crippen molar-refractivity contribution in [3.63, 3.8) is 0 Å². The Morgan fingerprint density at radius 3 is 2.81 bits per heavy atom. The number of carbonyl (C=O) groups is 1. The molecule has 0 spiro atoms. The first-order valence-electron chi connectivity index (χ1n) is 5.03. The Morgan fingerprint density at radius 1 is 1.56 bits per heavy atom. The molecule has 0 N–H and O–H groups in total. The molecule has 1 amide bonds. The summed E-state index contributed by atoms with van der Waals surface area (Å²) in [6.45, 7) is 4.42. The molecule has 0 fully saturated rings. The van der Waals surface area contributed by atoms with Gasteiger partial charge in [-0.1, -0.05) is 22.0 Å². The molecule has 0 heterocycles. The number of hydrogen-bond donors (Lipinski definition) is 0. The average molecular weight is 281 g/mol. The Balaban J connectivity index is 3.05. The largest absolute Gasteiger partial charge is 0.326 e. The second kappa shape index (κ2) is 5.66. The maximum atomic E-state index is 12.1. The predicted octanol–water partition coefficient (Wildman–Crippen LogP) is 2.74. The molecule has 0 unspecified atom stereocenters. The number of nitrogens with zero attached hydrogens (tertiary/aromatic N) is 2. The van der Waals surface area contributed by atoms with Crippen LogP contribution >= 0.6 is 15.9 Å². The average Bonchev–Trinajstić information content (AvgIpc) is 2.29. The molecule has 1 aromatic carbocycles. The molecule has 1 rings (SSSR count). The Bertz CT molecular complexity index is 437. The predicted molar refractivity (Wildman–Crippen MR) is 66.1 cm³/mol. The van der Waals surface area contributed by atoms with Crippen molar-refractivity contribution in [2.75, 3.05) is 13.1 Å². The van der Waals surface area contributed by atoms with Crippen LogP contribution in [-0.4, -0.2) is 23.9 Å². The van der Waals surface area contributed by atoms with E-state index in [0.717, 1.165) is 10.0 Å². The Labute approximate surface area is 104 Å². The van der Waals surface area contributed by atoms with Gasteiger partial charge in [0.1, 0.15) is 6.54 Å². The molecular weight excluding hydrogens is 268 g/mol. The van der Waals surface area contributed by atoms with Gasteiger partial charge in [0, 0.05) is 16.6 Å². The number of nitriles is 1. The maximum Gasteiger partial charge on any atom is 0.255 e. The van der Waals surface area contributed by atoms with Crippen LogP contribution in [0.4, 0.5) is 0 Å². The SMILES string of the molecule is CCN(CC#N)C(=O)c1cccc(Br)c1C. The van der Waals surface area contributed by atoms with E-state index in [1.54, 1.807) is 6.07 Å². The van der Waals surface area contributed by atoms with Crippen molar-refractivity contribution >= 4 is 21.8 Å². The van der Waals surface area contributed by atoms with Gasteiger partial charge in [-0.2, -0.15) is 5.26 Å². The van der Waals surface area contributed by atoms with E-state index >= 15 is 0 Å². The quantitative estimate of drug-likeness (QED) is 0.799. The summed E-state index contributed by atoms with van der Waals surface area (Å²) in [6, 6.07) is 7.50. The monoisotopic (exact) mass is 280 g/mol. The zero-order valence-electron chi connectivity index (χ0n) is 9.33. The van der Waals surface area contributed by atoms with Crippen LogP contribution in [0.1, 0.15) is 22.8 Å². The second-order valence-corrected chi connectivity index (χ2v) is 4.24. The van der Waals surface area contributed by atoms with E-state index in [2.05, 4.69) is 15.9 Å². The molecule has 1 aromatic rings. The molecule has 0 aliphatic carbocycles. The van der Waals surface area contributed by atoms with E-state index in [-0.39, 0.29) is 12.5 Å². The summed E-state index contributed by atoms with van der Waals surface area (Å²) in [7, 11) is 0. The smallest absolute Gasteiger partial charge is 0.255 e. The summed E-state index contributed by atoms with van der Waals surface area (Å²) in [5.74, 6) is -0.0946. The molecule has 0 aromatic heterocycles. The number of halogens is 1. The third-order valence-electron chi connectivity index (χ3n) is 2.43. The minimum absolute atomic E-state index is 0.0946. The number of carbonyl (C=O) groups excluding carboxylic acids is 1. The van der Waals surface area contributed by atoms with Crippen molar-refractivity contribution in [2.45, 2.75) is 13.8 Å². The first-order valence-corrected chi connectivity index (χ1v) is 5.82. The van der Waals surface area contributed by atoms with Gasteiger partial charge in [-0.05, 0) is 31.5 Å². The van der Waals surface area contributed by atoms with Gasteiger partial charge in [-0.25, -0.2) is 0 Å². The van der Waals surface area contributed by atoms with Gasteiger partial charge < -0.3 is 4.90 Å². The van der Waals surface area contributed by atoms with E-state index < -0.39 is 0 Å². The van der Waals surface area contributed by atoms with Crippen LogP contribution in [0.2, 0.25) is 0 Å². The molecular formula is C12H13BrN2O. The minimum atomic E-state index is -0.0946. The lowest BCUT2D eigenvalue weighted by Gasteiger charge is -2.18. The molecule has 0 saturated heterocycles. The van der Waals surface area contributed by atoms with Crippen molar-refractivity contribution in [3.8, 4) is 6.07 Å². The van der Waals surface area contributed by atoms with Crippen molar-refractivity contribution in [1.29, 1.82) is 5.26 Å². The fourth-order valence-electron chi connectivity index (χ4n) is 1.42. The molecule has 16 heavy (non-hydrogen) atoms. The lowest BCUT2D eigenvalue weighted by Crippen LogP contribution is -2.31. The lowest BCUT2D eigenvalue weighted by atomic mass is 10.1.